The number of carbonyl (C=O) groups excluding carboxylic acids is 1. The van der Waals surface area contributed by atoms with Crippen LogP contribution >= 0.6 is 0 Å². The van der Waals surface area contributed by atoms with Gasteiger partial charge in [0.15, 0.2) is 0 Å². The van der Waals surface area contributed by atoms with Crippen LogP contribution in [0.1, 0.15) is 25.7 Å². The zero-order valence-corrected chi connectivity index (χ0v) is 7.88. The largest absolute Gasteiger partial charge is 0.342 e. The molecule has 0 aliphatic carbocycles. The fourth-order valence-corrected chi connectivity index (χ4v) is 1.41. The standard InChI is InChI=1S/C11H15NO/c1-3-4-5-11(13)12-8-6-10(2)7-9-12/h1H,2,4-9H2. The summed E-state index contributed by atoms with van der Waals surface area (Å²) in [5.41, 5.74) is 1.25. The molecule has 0 aromatic heterocycles. The molecular formula is C11H15NO. The van der Waals surface area contributed by atoms with E-state index < -0.39 is 0 Å². The predicted molar refractivity (Wildman–Crippen MR) is 53.0 cm³/mol. The molecule has 0 N–H and O–H groups in total. The van der Waals surface area contributed by atoms with Crippen molar-refractivity contribution in [3.8, 4) is 12.3 Å². The van der Waals surface area contributed by atoms with Gasteiger partial charge in [0.05, 0.1) is 0 Å². The lowest BCUT2D eigenvalue weighted by Gasteiger charge is -2.27. The van der Waals surface area contributed by atoms with E-state index in [0.29, 0.717) is 12.8 Å². The van der Waals surface area contributed by atoms with Crippen molar-refractivity contribution in [3.63, 3.8) is 0 Å². The van der Waals surface area contributed by atoms with Gasteiger partial charge < -0.3 is 4.90 Å². The Kier molecular flexibility index (Phi) is 3.57. The average molecular weight is 177 g/mol. The fraction of sp³-hybridized carbons (Fsp3) is 0.545. The first-order chi connectivity index (χ1) is 6.24. The lowest BCUT2D eigenvalue weighted by Crippen LogP contribution is -2.35. The van der Waals surface area contributed by atoms with Crippen LogP contribution in [-0.4, -0.2) is 23.9 Å². The molecule has 1 rings (SSSR count). The van der Waals surface area contributed by atoms with Crippen molar-refractivity contribution in [1.82, 2.24) is 4.90 Å². The van der Waals surface area contributed by atoms with Crippen LogP contribution in [0.15, 0.2) is 12.2 Å². The van der Waals surface area contributed by atoms with E-state index in [-0.39, 0.29) is 5.91 Å². The highest BCUT2D eigenvalue weighted by Crippen LogP contribution is 2.14. The van der Waals surface area contributed by atoms with Gasteiger partial charge in [-0.25, -0.2) is 0 Å². The molecule has 0 aromatic carbocycles. The summed E-state index contributed by atoms with van der Waals surface area (Å²) in [6.45, 7) is 5.54. The molecule has 0 radical (unpaired) electrons. The molecule has 2 nitrogen and oxygen atoms in total. The highest BCUT2D eigenvalue weighted by molar-refractivity contribution is 5.76. The number of terminal acetylenes is 1. The summed E-state index contributed by atoms with van der Waals surface area (Å²) in [5.74, 6) is 2.67. The average Bonchev–Trinajstić information content (AvgIpc) is 2.15. The van der Waals surface area contributed by atoms with E-state index in [2.05, 4.69) is 12.5 Å². The van der Waals surface area contributed by atoms with E-state index in [0.717, 1.165) is 25.9 Å². The zero-order chi connectivity index (χ0) is 9.68. The second kappa shape index (κ2) is 4.71. The Bertz CT molecular complexity index is 239. The van der Waals surface area contributed by atoms with Crippen molar-refractivity contribution in [2.75, 3.05) is 13.1 Å². The minimum atomic E-state index is 0.186. The number of likely N-dealkylation sites (tertiary alicyclic amines) is 1. The molecule has 1 amide bonds. The van der Waals surface area contributed by atoms with Crippen LogP contribution < -0.4 is 0 Å². The van der Waals surface area contributed by atoms with Crippen LogP contribution in [0.2, 0.25) is 0 Å². The van der Waals surface area contributed by atoms with Gasteiger partial charge in [0, 0.05) is 25.9 Å². The van der Waals surface area contributed by atoms with Gasteiger partial charge in [0.25, 0.3) is 0 Å². The summed E-state index contributed by atoms with van der Waals surface area (Å²) in [4.78, 5) is 13.3. The summed E-state index contributed by atoms with van der Waals surface area (Å²) >= 11 is 0. The zero-order valence-electron chi connectivity index (χ0n) is 7.88. The van der Waals surface area contributed by atoms with Gasteiger partial charge >= 0.3 is 0 Å². The molecule has 70 valence electrons. The van der Waals surface area contributed by atoms with E-state index >= 15 is 0 Å². The van der Waals surface area contributed by atoms with Gasteiger partial charge in [-0.15, -0.1) is 12.3 Å². The van der Waals surface area contributed by atoms with Gasteiger partial charge in [-0.05, 0) is 12.8 Å². The van der Waals surface area contributed by atoms with Crippen molar-refractivity contribution < 1.29 is 4.79 Å². The fourth-order valence-electron chi connectivity index (χ4n) is 1.41. The molecule has 2 heteroatoms. The van der Waals surface area contributed by atoms with Gasteiger partial charge in [-0.3, -0.25) is 4.79 Å². The van der Waals surface area contributed by atoms with Crippen LogP contribution in [-0.2, 0) is 4.79 Å². The quantitative estimate of drug-likeness (QED) is 0.463. The second-order valence-corrected chi connectivity index (χ2v) is 3.33. The van der Waals surface area contributed by atoms with E-state index in [1.165, 1.54) is 5.57 Å². The summed E-state index contributed by atoms with van der Waals surface area (Å²) in [7, 11) is 0. The van der Waals surface area contributed by atoms with Crippen molar-refractivity contribution in [2.24, 2.45) is 0 Å². The molecule has 0 unspecified atom stereocenters. The Hall–Kier alpha value is -1.23. The molecule has 0 spiro atoms. The maximum absolute atomic E-state index is 11.5. The molecule has 1 saturated heterocycles. The monoisotopic (exact) mass is 177 g/mol. The molecule has 0 bridgehead atoms. The van der Waals surface area contributed by atoms with Crippen LogP contribution in [0, 0.1) is 12.3 Å². The SMILES string of the molecule is C#CCCC(=O)N1CCC(=C)CC1. The summed E-state index contributed by atoms with van der Waals surface area (Å²) in [6, 6.07) is 0. The number of rotatable bonds is 2. The Morgan fingerprint density at radius 1 is 1.54 bits per heavy atom. The van der Waals surface area contributed by atoms with Crippen molar-refractivity contribution in [3.05, 3.63) is 12.2 Å². The van der Waals surface area contributed by atoms with Crippen molar-refractivity contribution in [2.45, 2.75) is 25.7 Å². The van der Waals surface area contributed by atoms with E-state index in [9.17, 15) is 4.79 Å². The first kappa shape index (κ1) is 9.85. The lowest BCUT2D eigenvalue weighted by molar-refractivity contribution is -0.131. The maximum atomic E-state index is 11.5. The third-order valence-corrected chi connectivity index (χ3v) is 2.31. The smallest absolute Gasteiger partial charge is 0.223 e. The molecule has 0 aromatic rings. The topological polar surface area (TPSA) is 20.3 Å². The van der Waals surface area contributed by atoms with Crippen LogP contribution in [0.25, 0.3) is 0 Å². The Morgan fingerprint density at radius 3 is 2.69 bits per heavy atom. The van der Waals surface area contributed by atoms with Gasteiger partial charge in [0.2, 0.25) is 5.91 Å². The van der Waals surface area contributed by atoms with E-state index in [1.807, 2.05) is 4.90 Å². The third kappa shape index (κ3) is 2.95. The van der Waals surface area contributed by atoms with E-state index in [4.69, 9.17) is 6.42 Å². The van der Waals surface area contributed by atoms with Crippen LogP contribution in [0.5, 0.6) is 0 Å². The number of piperidine rings is 1. The molecule has 0 saturated carbocycles. The number of amides is 1. The number of hydrogen-bond acceptors (Lipinski definition) is 1. The highest BCUT2D eigenvalue weighted by Gasteiger charge is 2.16. The van der Waals surface area contributed by atoms with Gasteiger partial charge in [-0.2, -0.15) is 0 Å². The highest BCUT2D eigenvalue weighted by atomic mass is 16.2. The first-order valence-corrected chi connectivity index (χ1v) is 4.62. The predicted octanol–water partition coefficient (Wildman–Crippen LogP) is 1.58. The summed E-state index contributed by atoms with van der Waals surface area (Å²) in [5, 5.41) is 0. The van der Waals surface area contributed by atoms with Gasteiger partial charge in [0.1, 0.15) is 0 Å². The Balaban J connectivity index is 2.32. The molecule has 13 heavy (non-hydrogen) atoms. The van der Waals surface area contributed by atoms with E-state index in [1.54, 1.807) is 0 Å². The van der Waals surface area contributed by atoms with Crippen molar-refractivity contribution in [1.29, 1.82) is 0 Å². The number of hydrogen-bond donors (Lipinski definition) is 0. The Morgan fingerprint density at radius 2 is 2.15 bits per heavy atom. The first-order valence-electron chi connectivity index (χ1n) is 4.62. The third-order valence-electron chi connectivity index (χ3n) is 2.31. The number of nitrogens with zero attached hydrogens (tertiary/aromatic N) is 1. The minimum absolute atomic E-state index is 0.186. The Labute approximate surface area is 79.6 Å². The molecule has 1 aliphatic heterocycles. The molecule has 1 aliphatic rings. The number of carbonyl (C=O) groups is 1. The molecule has 1 fully saturated rings. The summed E-state index contributed by atoms with van der Waals surface area (Å²) < 4.78 is 0. The molecule has 0 atom stereocenters. The van der Waals surface area contributed by atoms with Gasteiger partial charge in [-0.1, -0.05) is 12.2 Å². The molecular weight excluding hydrogens is 162 g/mol. The van der Waals surface area contributed by atoms with Crippen LogP contribution in [0.3, 0.4) is 0 Å². The van der Waals surface area contributed by atoms with Crippen molar-refractivity contribution >= 4 is 5.91 Å². The normalized spacial score (nSPS) is 16.8. The summed E-state index contributed by atoms with van der Waals surface area (Å²) in [6.07, 6.45) is 8.03. The van der Waals surface area contributed by atoms with Crippen LogP contribution in [0.4, 0.5) is 0 Å². The molecule has 1 heterocycles. The second-order valence-electron chi connectivity index (χ2n) is 3.33. The minimum Gasteiger partial charge on any atom is -0.342 e. The lowest BCUT2D eigenvalue weighted by atomic mass is 10.1. The maximum Gasteiger partial charge on any atom is 0.223 e.